The standard InChI is InChI=1S/C37H31FN3O.C16H17FN.Ir/c1-21(2)25-11-8-12-26(22(3)4)34(25)41-36(40-33-23(5)18-19-39-37(33)41)30-14-9-13-29-28-17-16-24(20-32(28)42-35(29)30)27-10-6-7-15-31(27)38;1-11-5-7-13(14(17)9-11)15-8-6-12(10-18-15)16(2,3)4;/h6-13,15-22H,1-5H3;5-6,8-10H,1-4H3;/q2*-1;/i;1D3;. The molecule has 1 radical (unpaired) electrons. The third-order valence-electron chi connectivity index (χ3n) is 10.9. The van der Waals surface area contributed by atoms with Crippen LogP contribution >= 0.6 is 0 Å². The number of fused-ring (bicyclic) bond motifs is 4. The minimum Gasteiger partial charge on any atom is -0.501 e. The molecule has 5 aromatic carbocycles. The summed E-state index contributed by atoms with van der Waals surface area (Å²) in [4.78, 5) is 14.3. The predicted molar refractivity (Wildman–Crippen MR) is 241 cm³/mol. The summed E-state index contributed by atoms with van der Waals surface area (Å²) in [6.07, 6.45) is 3.56. The van der Waals surface area contributed by atoms with Gasteiger partial charge in [-0.2, -0.15) is 0 Å². The first-order valence-corrected chi connectivity index (χ1v) is 20.2. The molecule has 0 saturated carbocycles. The Morgan fingerprint density at radius 1 is 0.787 bits per heavy atom. The maximum Gasteiger partial charge on any atom is 0.155 e. The van der Waals surface area contributed by atoms with Crippen molar-refractivity contribution in [1.29, 1.82) is 0 Å². The van der Waals surface area contributed by atoms with Gasteiger partial charge in [-0.25, -0.2) is 9.37 Å². The number of aryl methyl sites for hydroxylation is 2. The molecule has 311 valence electrons. The summed E-state index contributed by atoms with van der Waals surface area (Å²) >= 11 is 0. The Bertz CT molecular complexity index is 3120. The fourth-order valence-electron chi connectivity index (χ4n) is 7.67. The van der Waals surface area contributed by atoms with Crippen molar-refractivity contribution < 1.29 is 37.4 Å². The number of imidazole rings is 1. The van der Waals surface area contributed by atoms with Crippen molar-refractivity contribution in [2.75, 3.05) is 0 Å². The molecule has 4 heterocycles. The number of benzene rings is 5. The van der Waals surface area contributed by atoms with Crippen LogP contribution in [0.4, 0.5) is 8.78 Å². The van der Waals surface area contributed by atoms with Crippen molar-refractivity contribution in [1.82, 2.24) is 19.5 Å². The third kappa shape index (κ3) is 8.32. The van der Waals surface area contributed by atoms with Crippen LogP contribution in [0.2, 0.25) is 0 Å². The molecule has 0 aliphatic heterocycles. The van der Waals surface area contributed by atoms with E-state index in [1.165, 1.54) is 23.3 Å². The first-order chi connectivity index (χ1) is 29.9. The van der Waals surface area contributed by atoms with Gasteiger partial charge in [0.2, 0.25) is 0 Å². The van der Waals surface area contributed by atoms with Crippen molar-refractivity contribution in [3.05, 3.63) is 167 Å². The molecule has 4 aromatic heterocycles. The second kappa shape index (κ2) is 17.3. The molecule has 0 fully saturated rings. The molecule has 0 aliphatic carbocycles. The fraction of sp³-hybridized carbons (Fsp3) is 0.226. The molecule has 0 bridgehead atoms. The number of furan rings is 1. The van der Waals surface area contributed by atoms with Crippen LogP contribution in [0.25, 0.3) is 72.6 Å². The summed E-state index contributed by atoms with van der Waals surface area (Å²) < 4.78 is 59.3. The first kappa shape index (κ1) is 39.3. The summed E-state index contributed by atoms with van der Waals surface area (Å²) in [5, 5.41) is 1.92. The number of aromatic nitrogens is 4. The molecule has 9 aromatic rings. The molecule has 61 heavy (non-hydrogen) atoms. The van der Waals surface area contributed by atoms with E-state index >= 15 is 0 Å². The van der Waals surface area contributed by atoms with E-state index < -0.39 is 12.7 Å². The Kier molecular flexibility index (Phi) is 11.1. The van der Waals surface area contributed by atoms with E-state index in [0.717, 1.165) is 61.8 Å². The van der Waals surface area contributed by atoms with E-state index in [0.29, 0.717) is 22.4 Å². The van der Waals surface area contributed by atoms with E-state index in [9.17, 15) is 8.78 Å². The SMILES string of the molecule is Cc1ccnc2c1nc(-c1[c-]ccc3c1oc1cc(-c4ccccc4F)ccc13)n2-c1c(C(C)C)cccc1C(C)C.[2H]C([2H])([2H])c1c[c-]c(-c2ccc(C(C)(C)C)cn2)c(F)c1.[Ir]. The van der Waals surface area contributed by atoms with E-state index in [4.69, 9.17) is 18.5 Å². The number of pyridine rings is 2. The largest absolute Gasteiger partial charge is 0.501 e. The Hall–Kier alpha value is -5.82. The number of rotatable bonds is 6. The van der Waals surface area contributed by atoms with Gasteiger partial charge in [-0.05, 0) is 75.9 Å². The Morgan fingerprint density at radius 3 is 2.20 bits per heavy atom. The molecule has 0 amide bonds. The zero-order valence-corrected chi connectivity index (χ0v) is 37.8. The van der Waals surface area contributed by atoms with Crippen molar-refractivity contribution in [3.63, 3.8) is 0 Å². The Morgan fingerprint density at radius 2 is 1.54 bits per heavy atom. The van der Waals surface area contributed by atoms with Crippen LogP contribution in [0, 0.1) is 37.5 Å². The zero-order valence-electron chi connectivity index (χ0n) is 38.4. The predicted octanol–water partition coefficient (Wildman–Crippen LogP) is 14.4. The zero-order chi connectivity index (χ0) is 45.0. The second-order valence-electron chi connectivity index (χ2n) is 16.8. The third-order valence-corrected chi connectivity index (χ3v) is 10.9. The smallest absolute Gasteiger partial charge is 0.155 e. The number of hydrogen-bond acceptors (Lipinski definition) is 4. The number of hydrogen-bond donors (Lipinski definition) is 0. The first-order valence-electron chi connectivity index (χ1n) is 21.7. The Balaban J connectivity index is 0.000000236. The van der Waals surface area contributed by atoms with Crippen LogP contribution in [0.5, 0.6) is 0 Å². The van der Waals surface area contributed by atoms with Crippen molar-refractivity contribution in [2.24, 2.45) is 0 Å². The van der Waals surface area contributed by atoms with Crippen molar-refractivity contribution in [3.8, 4) is 39.5 Å². The fourth-order valence-corrected chi connectivity index (χ4v) is 7.67. The van der Waals surface area contributed by atoms with Crippen LogP contribution < -0.4 is 0 Å². The second-order valence-corrected chi connectivity index (χ2v) is 16.8. The summed E-state index contributed by atoms with van der Waals surface area (Å²) in [5.74, 6) is 0.428. The van der Waals surface area contributed by atoms with Crippen LogP contribution in [-0.2, 0) is 25.5 Å². The average molecular weight is 990 g/mol. The summed E-state index contributed by atoms with van der Waals surface area (Å²) in [5.41, 5.74) is 11.3. The van der Waals surface area contributed by atoms with E-state index in [1.54, 1.807) is 24.4 Å². The molecule has 9 rings (SSSR count). The van der Waals surface area contributed by atoms with Gasteiger partial charge in [0.1, 0.15) is 11.4 Å². The van der Waals surface area contributed by atoms with Crippen molar-refractivity contribution in [2.45, 2.75) is 79.5 Å². The summed E-state index contributed by atoms with van der Waals surface area (Å²) in [6.45, 7) is 14.8. The average Bonchev–Trinajstić information content (AvgIpc) is 3.82. The minimum atomic E-state index is -2.33. The van der Waals surface area contributed by atoms with Gasteiger partial charge in [0, 0.05) is 59.1 Å². The van der Waals surface area contributed by atoms with Crippen LogP contribution in [0.15, 0.2) is 120 Å². The molecular weight excluding hydrogens is 939 g/mol. The normalized spacial score (nSPS) is 12.6. The molecule has 8 heteroatoms. The molecule has 0 unspecified atom stereocenters. The van der Waals surface area contributed by atoms with E-state index in [-0.39, 0.29) is 54.3 Å². The van der Waals surface area contributed by atoms with Crippen LogP contribution in [0.3, 0.4) is 0 Å². The monoisotopic (exact) mass is 990 g/mol. The van der Waals surface area contributed by atoms with Crippen molar-refractivity contribution >= 4 is 33.1 Å². The minimum absolute atomic E-state index is 0. The van der Waals surface area contributed by atoms with Gasteiger partial charge in [0.25, 0.3) is 0 Å². The van der Waals surface area contributed by atoms with E-state index in [1.807, 2.05) is 54.7 Å². The quantitative estimate of drug-likeness (QED) is 0.156. The molecule has 0 atom stereocenters. The van der Waals surface area contributed by atoms with Gasteiger partial charge in [0.15, 0.2) is 5.65 Å². The number of halogens is 2. The van der Waals surface area contributed by atoms with Gasteiger partial charge < -0.3 is 14.0 Å². The van der Waals surface area contributed by atoms with Gasteiger partial charge in [-0.1, -0.05) is 132 Å². The molecule has 0 spiro atoms. The van der Waals surface area contributed by atoms with Gasteiger partial charge in [-0.15, -0.1) is 42.0 Å². The maximum absolute atomic E-state index is 14.6. The van der Waals surface area contributed by atoms with Gasteiger partial charge in [0.05, 0.1) is 16.9 Å². The molecule has 0 saturated heterocycles. The maximum atomic E-state index is 14.6. The molecule has 5 nitrogen and oxygen atoms in total. The topological polar surface area (TPSA) is 56.7 Å². The van der Waals surface area contributed by atoms with Crippen LogP contribution in [0.1, 0.15) is 92.2 Å². The van der Waals surface area contributed by atoms with Crippen LogP contribution in [-0.4, -0.2) is 19.5 Å². The number of para-hydroxylation sites is 1. The van der Waals surface area contributed by atoms with Gasteiger partial charge >= 0.3 is 0 Å². The van der Waals surface area contributed by atoms with Gasteiger partial charge in [-0.3, -0.25) is 9.37 Å². The Labute approximate surface area is 374 Å². The van der Waals surface area contributed by atoms with E-state index in [2.05, 4.69) is 95.3 Å². The number of nitrogens with zero attached hydrogens (tertiary/aromatic N) is 4. The molecule has 0 aliphatic rings. The summed E-state index contributed by atoms with van der Waals surface area (Å²) in [6, 6.07) is 37.3. The molecular formula is C53H48F2IrN4O-2. The summed E-state index contributed by atoms with van der Waals surface area (Å²) in [7, 11) is 0. The molecule has 0 N–H and O–H groups in total.